The molecule has 0 atom stereocenters. The second-order valence-electron chi connectivity index (χ2n) is 5.79. The van der Waals surface area contributed by atoms with Crippen molar-refractivity contribution in [1.29, 1.82) is 0 Å². The van der Waals surface area contributed by atoms with E-state index in [1.54, 1.807) is 31.3 Å². The molecule has 138 valence electrons. The minimum Gasteiger partial charge on any atom is -0.342 e. The molecule has 0 saturated heterocycles. The molecule has 0 saturated carbocycles. The number of nitrogens with one attached hydrogen (secondary N) is 2. The van der Waals surface area contributed by atoms with Crippen molar-refractivity contribution in [3.8, 4) is 10.7 Å². The molecule has 6 nitrogen and oxygen atoms in total. The van der Waals surface area contributed by atoms with E-state index in [1.807, 2.05) is 25.1 Å². The first-order chi connectivity index (χ1) is 13.0. The number of hydrogen-bond acceptors (Lipinski definition) is 5. The fourth-order valence-corrected chi connectivity index (χ4v) is 3.52. The zero-order valence-corrected chi connectivity index (χ0v) is 16.3. The number of nitrogens with zero attached hydrogens (tertiary/aromatic N) is 2. The highest BCUT2D eigenvalue weighted by Crippen LogP contribution is 2.26. The van der Waals surface area contributed by atoms with Gasteiger partial charge in [0.05, 0.1) is 17.9 Å². The predicted octanol–water partition coefficient (Wildman–Crippen LogP) is 3.84. The number of carbonyl (C=O) groups excluding carboxylic acids is 2. The van der Waals surface area contributed by atoms with Crippen molar-refractivity contribution >= 4 is 40.4 Å². The number of amides is 2. The van der Waals surface area contributed by atoms with Gasteiger partial charge in [0.1, 0.15) is 9.88 Å². The number of aryl methyl sites for hydroxylation is 1. The molecule has 0 radical (unpaired) electrons. The third kappa shape index (κ3) is 4.50. The second kappa shape index (κ2) is 8.28. The molecular formula is C19H17ClN4O2S. The van der Waals surface area contributed by atoms with Crippen LogP contribution >= 0.6 is 22.9 Å². The van der Waals surface area contributed by atoms with E-state index in [2.05, 4.69) is 20.6 Å². The molecule has 2 heterocycles. The average Bonchev–Trinajstić information content (AvgIpc) is 3.06. The van der Waals surface area contributed by atoms with Gasteiger partial charge in [-0.25, -0.2) is 4.98 Å². The fraction of sp³-hybridized carbons (Fsp3) is 0.158. The van der Waals surface area contributed by atoms with Crippen molar-refractivity contribution < 1.29 is 9.59 Å². The summed E-state index contributed by atoms with van der Waals surface area (Å²) < 4.78 is 0. The number of anilines is 1. The molecule has 0 spiro atoms. The Bertz CT molecular complexity index is 989. The third-order valence-corrected chi connectivity index (χ3v) is 5.43. The van der Waals surface area contributed by atoms with Crippen LogP contribution in [0.2, 0.25) is 5.02 Å². The predicted molar refractivity (Wildman–Crippen MR) is 107 cm³/mol. The van der Waals surface area contributed by atoms with Gasteiger partial charge in [0.15, 0.2) is 0 Å². The Morgan fingerprint density at radius 2 is 1.96 bits per heavy atom. The van der Waals surface area contributed by atoms with Gasteiger partial charge >= 0.3 is 0 Å². The molecule has 0 unspecified atom stereocenters. The first-order valence-corrected chi connectivity index (χ1v) is 9.37. The third-order valence-electron chi connectivity index (χ3n) is 3.84. The highest BCUT2D eigenvalue weighted by atomic mass is 35.5. The van der Waals surface area contributed by atoms with Crippen molar-refractivity contribution in [3.63, 3.8) is 0 Å². The van der Waals surface area contributed by atoms with Crippen LogP contribution in [-0.4, -0.2) is 28.3 Å². The van der Waals surface area contributed by atoms with Gasteiger partial charge in [-0.05, 0) is 43.7 Å². The maximum absolute atomic E-state index is 12.4. The van der Waals surface area contributed by atoms with E-state index in [9.17, 15) is 9.59 Å². The van der Waals surface area contributed by atoms with E-state index in [1.165, 1.54) is 11.3 Å². The van der Waals surface area contributed by atoms with Crippen LogP contribution in [-0.2, 0) is 4.79 Å². The Balaban J connectivity index is 1.63. The lowest BCUT2D eigenvalue weighted by atomic mass is 10.2. The van der Waals surface area contributed by atoms with Crippen molar-refractivity contribution in [1.82, 2.24) is 15.3 Å². The Kier molecular flexibility index (Phi) is 5.83. The minimum absolute atomic E-state index is 0.152. The Morgan fingerprint density at radius 3 is 2.70 bits per heavy atom. The molecule has 2 N–H and O–H groups in total. The highest BCUT2D eigenvalue weighted by Gasteiger charge is 2.17. The molecule has 2 aromatic heterocycles. The molecule has 0 aliphatic rings. The van der Waals surface area contributed by atoms with E-state index in [0.717, 1.165) is 5.56 Å². The first-order valence-electron chi connectivity index (χ1n) is 8.17. The molecular weight excluding hydrogens is 384 g/mol. The van der Waals surface area contributed by atoms with Crippen LogP contribution in [0.5, 0.6) is 0 Å². The van der Waals surface area contributed by atoms with Gasteiger partial charge in [-0.3, -0.25) is 14.6 Å². The molecule has 8 heteroatoms. The quantitative estimate of drug-likeness (QED) is 0.681. The van der Waals surface area contributed by atoms with Gasteiger partial charge in [-0.2, -0.15) is 0 Å². The van der Waals surface area contributed by atoms with Crippen molar-refractivity contribution in [2.45, 2.75) is 13.8 Å². The normalized spacial score (nSPS) is 10.5. The Labute approximate surface area is 165 Å². The molecule has 0 aliphatic heterocycles. The van der Waals surface area contributed by atoms with E-state index in [0.29, 0.717) is 32.0 Å². The summed E-state index contributed by atoms with van der Waals surface area (Å²) >= 11 is 7.29. The fourth-order valence-electron chi connectivity index (χ4n) is 2.38. The van der Waals surface area contributed by atoms with E-state index in [4.69, 9.17) is 11.6 Å². The summed E-state index contributed by atoms with van der Waals surface area (Å²) in [5.41, 5.74) is 2.70. The lowest BCUT2D eigenvalue weighted by Crippen LogP contribution is -2.32. The number of rotatable bonds is 5. The van der Waals surface area contributed by atoms with Crippen LogP contribution < -0.4 is 10.6 Å². The number of pyridine rings is 1. The SMILES string of the molecule is Cc1nc(-c2ccccn2)sc1C(=O)NCC(=O)Nc1cccc(Cl)c1C. The zero-order chi connectivity index (χ0) is 19.4. The minimum atomic E-state index is -0.342. The van der Waals surface area contributed by atoms with Gasteiger partial charge < -0.3 is 10.6 Å². The van der Waals surface area contributed by atoms with Gasteiger partial charge in [0, 0.05) is 16.9 Å². The molecule has 0 fully saturated rings. The largest absolute Gasteiger partial charge is 0.342 e. The van der Waals surface area contributed by atoms with Crippen LogP contribution in [0.1, 0.15) is 20.9 Å². The van der Waals surface area contributed by atoms with Crippen LogP contribution in [0.4, 0.5) is 5.69 Å². The second-order valence-corrected chi connectivity index (χ2v) is 7.20. The number of aromatic nitrogens is 2. The lowest BCUT2D eigenvalue weighted by Gasteiger charge is -2.10. The van der Waals surface area contributed by atoms with Crippen LogP contribution in [0.15, 0.2) is 42.6 Å². The van der Waals surface area contributed by atoms with Gasteiger partial charge in [0.2, 0.25) is 5.91 Å². The maximum atomic E-state index is 12.4. The summed E-state index contributed by atoms with van der Waals surface area (Å²) in [6, 6.07) is 10.8. The highest BCUT2D eigenvalue weighted by molar-refractivity contribution is 7.17. The smallest absolute Gasteiger partial charge is 0.263 e. The molecule has 3 aromatic rings. The molecule has 3 rings (SSSR count). The summed E-state index contributed by atoms with van der Waals surface area (Å²) in [5, 5.41) is 6.60. The lowest BCUT2D eigenvalue weighted by molar-refractivity contribution is -0.115. The Hall–Kier alpha value is -2.77. The van der Waals surface area contributed by atoms with Crippen molar-refractivity contribution in [2.24, 2.45) is 0 Å². The van der Waals surface area contributed by atoms with E-state index >= 15 is 0 Å². The summed E-state index contributed by atoms with van der Waals surface area (Å²) in [5.74, 6) is -0.675. The topological polar surface area (TPSA) is 84.0 Å². The number of hydrogen-bond donors (Lipinski definition) is 2. The van der Waals surface area contributed by atoms with E-state index in [-0.39, 0.29) is 18.4 Å². The zero-order valence-electron chi connectivity index (χ0n) is 14.7. The van der Waals surface area contributed by atoms with Crippen LogP contribution in [0.25, 0.3) is 10.7 Å². The average molecular weight is 401 g/mol. The molecule has 2 amide bonds. The van der Waals surface area contributed by atoms with Crippen molar-refractivity contribution in [2.75, 3.05) is 11.9 Å². The molecule has 0 aliphatic carbocycles. The van der Waals surface area contributed by atoms with Gasteiger partial charge in [0.25, 0.3) is 5.91 Å². The molecule has 0 bridgehead atoms. The number of thiazole rings is 1. The van der Waals surface area contributed by atoms with Crippen LogP contribution in [0.3, 0.4) is 0 Å². The van der Waals surface area contributed by atoms with Gasteiger partial charge in [-0.1, -0.05) is 23.7 Å². The monoisotopic (exact) mass is 400 g/mol. The van der Waals surface area contributed by atoms with Gasteiger partial charge in [-0.15, -0.1) is 11.3 Å². The standard InChI is InChI=1S/C19H17ClN4O2S/c1-11-13(20)6-5-8-14(11)24-16(25)10-22-18(26)17-12(2)23-19(27-17)15-7-3-4-9-21-15/h3-9H,10H2,1-2H3,(H,22,26)(H,24,25). The maximum Gasteiger partial charge on any atom is 0.263 e. The molecule has 1 aromatic carbocycles. The number of halogens is 1. The molecule has 27 heavy (non-hydrogen) atoms. The first kappa shape index (κ1) is 19.0. The van der Waals surface area contributed by atoms with Crippen LogP contribution in [0, 0.1) is 13.8 Å². The summed E-state index contributed by atoms with van der Waals surface area (Å²) in [4.78, 5) is 33.7. The summed E-state index contributed by atoms with van der Waals surface area (Å²) in [7, 11) is 0. The Morgan fingerprint density at radius 1 is 1.15 bits per heavy atom. The van der Waals surface area contributed by atoms with Crippen molar-refractivity contribution in [3.05, 3.63) is 63.8 Å². The van der Waals surface area contributed by atoms with E-state index < -0.39 is 0 Å². The number of benzene rings is 1. The summed E-state index contributed by atoms with van der Waals surface area (Å²) in [6.07, 6.45) is 1.67. The number of carbonyl (C=O) groups is 2. The summed E-state index contributed by atoms with van der Waals surface area (Å²) in [6.45, 7) is 3.42.